The highest BCUT2D eigenvalue weighted by molar-refractivity contribution is 9.10. The van der Waals surface area contributed by atoms with Gasteiger partial charge in [0.1, 0.15) is 5.69 Å². The Balaban J connectivity index is 2.36. The van der Waals surface area contributed by atoms with Crippen LogP contribution in [-0.4, -0.2) is 14.7 Å². The van der Waals surface area contributed by atoms with E-state index >= 15 is 0 Å². The number of aryl methyl sites for hydroxylation is 1. The maximum atomic E-state index is 11.0. The molecule has 0 aliphatic heterocycles. The van der Waals surface area contributed by atoms with Crippen molar-refractivity contribution in [1.82, 2.24) is 9.78 Å². The number of rotatable bonds is 4. The van der Waals surface area contributed by atoms with Crippen LogP contribution in [0.1, 0.15) is 17.0 Å². The molecule has 0 bridgehead atoms. The summed E-state index contributed by atoms with van der Waals surface area (Å²) in [6.07, 6.45) is 0. The molecule has 0 saturated carbocycles. The van der Waals surface area contributed by atoms with E-state index < -0.39 is 4.92 Å². The molecule has 0 amide bonds. The molecule has 2 aromatic rings. The third kappa shape index (κ3) is 2.66. The summed E-state index contributed by atoms with van der Waals surface area (Å²) in [7, 11) is 0. The Morgan fingerprint density at radius 3 is 2.70 bits per heavy atom. The lowest BCUT2D eigenvalue weighted by atomic mass is 10.1. The average Bonchev–Trinajstić information content (AvgIpc) is 2.66. The van der Waals surface area contributed by atoms with Crippen molar-refractivity contribution >= 4 is 27.3 Å². The van der Waals surface area contributed by atoms with Gasteiger partial charge in [-0.25, -0.2) is 0 Å². The summed E-state index contributed by atoms with van der Waals surface area (Å²) in [5.74, 6) is 5.26. The summed E-state index contributed by atoms with van der Waals surface area (Å²) in [4.78, 5) is 10.5. The van der Waals surface area contributed by atoms with Crippen molar-refractivity contribution in [3.05, 3.63) is 49.7 Å². The molecule has 0 aliphatic carbocycles. The number of nitrogens with one attached hydrogen (secondary N) is 1. The van der Waals surface area contributed by atoms with Gasteiger partial charge in [-0.3, -0.25) is 20.6 Å². The maximum absolute atomic E-state index is 11.0. The molecule has 8 heteroatoms. The van der Waals surface area contributed by atoms with Gasteiger partial charge in [0.15, 0.2) is 0 Å². The lowest BCUT2D eigenvalue weighted by Gasteiger charge is -2.07. The Labute approximate surface area is 124 Å². The summed E-state index contributed by atoms with van der Waals surface area (Å²) in [6.45, 7) is 4.30. The lowest BCUT2D eigenvalue weighted by molar-refractivity contribution is -0.384. The van der Waals surface area contributed by atoms with Gasteiger partial charge in [0.25, 0.3) is 5.69 Å². The number of hydrogen-bond donors (Lipinski definition) is 2. The van der Waals surface area contributed by atoms with Crippen molar-refractivity contribution < 1.29 is 4.92 Å². The molecule has 106 valence electrons. The molecule has 0 radical (unpaired) electrons. The number of anilines is 1. The Kier molecular flexibility index (Phi) is 4.05. The Morgan fingerprint density at radius 1 is 1.50 bits per heavy atom. The zero-order valence-electron chi connectivity index (χ0n) is 11.1. The number of hydrogen-bond acceptors (Lipinski definition) is 5. The highest BCUT2D eigenvalue weighted by Gasteiger charge is 2.15. The summed E-state index contributed by atoms with van der Waals surface area (Å²) >= 11 is 3.46. The minimum absolute atomic E-state index is 0.0504. The first-order valence-electron chi connectivity index (χ1n) is 5.87. The molecule has 0 aliphatic rings. The minimum Gasteiger partial charge on any atom is -0.318 e. The molecule has 20 heavy (non-hydrogen) atoms. The number of hydrazine groups is 1. The number of nitrogens with two attached hydrogens (primary N) is 1. The molecule has 0 spiro atoms. The van der Waals surface area contributed by atoms with Crippen LogP contribution < -0.4 is 11.3 Å². The fourth-order valence-corrected chi connectivity index (χ4v) is 2.23. The standard InChI is InChI=1S/C12H14BrN5O2/c1-7-12(13)8(2)17(16-7)6-9-3-4-10(15-14)11(5-9)18(19)20/h3-5,15H,6,14H2,1-2H3. The van der Waals surface area contributed by atoms with Crippen molar-refractivity contribution in [1.29, 1.82) is 0 Å². The second-order valence-corrected chi connectivity index (χ2v) is 5.19. The summed E-state index contributed by atoms with van der Waals surface area (Å²) < 4.78 is 2.75. The molecular weight excluding hydrogens is 326 g/mol. The van der Waals surface area contributed by atoms with Crippen molar-refractivity contribution in [2.45, 2.75) is 20.4 Å². The van der Waals surface area contributed by atoms with Gasteiger partial charge in [-0.15, -0.1) is 0 Å². The first kappa shape index (κ1) is 14.5. The molecule has 0 fully saturated rings. The number of halogens is 1. The Hall–Kier alpha value is -1.93. The maximum Gasteiger partial charge on any atom is 0.293 e. The third-order valence-corrected chi connectivity index (χ3v) is 4.19. The van der Waals surface area contributed by atoms with E-state index in [1.807, 2.05) is 13.8 Å². The highest BCUT2D eigenvalue weighted by atomic mass is 79.9. The van der Waals surface area contributed by atoms with Crippen LogP contribution in [0, 0.1) is 24.0 Å². The Bertz CT molecular complexity index is 668. The van der Waals surface area contributed by atoms with E-state index in [2.05, 4.69) is 26.5 Å². The van der Waals surface area contributed by atoms with Gasteiger partial charge in [0.2, 0.25) is 0 Å². The fourth-order valence-electron chi connectivity index (χ4n) is 1.95. The molecule has 0 unspecified atom stereocenters. The van der Waals surface area contributed by atoms with Crippen molar-refractivity contribution in [2.24, 2.45) is 5.84 Å². The fraction of sp³-hybridized carbons (Fsp3) is 0.250. The quantitative estimate of drug-likeness (QED) is 0.506. The van der Waals surface area contributed by atoms with E-state index in [4.69, 9.17) is 5.84 Å². The number of aromatic nitrogens is 2. The molecule has 3 N–H and O–H groups in total. The second kappa shape index (κ2) is 5.59. The van der Waals surface area contributed by atoms with Gasteiger partial charge < -0.3 is 5.43 Å². The molecular formula is C12H14BrN5O2. The number of nitrogens with zero attached hydrogens (tertiary/aromatic N) is 3. The van der Waals surface area contributed by atoms with Crippen LogP contribution in [0.5, 0.6) is 0 Å². The van der Waals surface area contributed by atoms with Crippen LogP contribution >= 0.6 is 15.9 Å². The smallest absolute Gasteiger partial charge is 0.293 e. The first-order valence-corrected chi connectivity index (χ1v) is 6.66. The molecule has 0 atom stereocenters. The number of benzene rings is 1. The van der Waals surface area contributed by atoms with E-state index in [1.165, 1.54) is 6.07 Å². The van der Waals surface area contributed by atoms with E-state index in [-0.39, 0.29) is 11.4 Å². The second-order valence-electron chi connectivity index (χ2n) is 4.40. The van der Waals surface area contributed by atoms with Crippen LogP contribution in [0.4, 0.5) is 11.4 Å². The Morgan fingerprint density at radius 2 is 2.20 bits per heavy atom. The molecule has 7 nitrogen and oxygen atoms in total. The van der Waals surface area contributed by atoms with E-state index in [9.17, 15) is 10.1 Å². The van der Waals surface area contributed by atoms with Crippen LogP contribution in [-0.2, 0) is 6.54 Å². The van der Waals surface area contributed by atoms with Gasteiger partial charge in [-0.2, -0.15) is 5.10 Å². The van der Waals surface area contributed by atoms with Gasteiger partial charge in [0, 0.05) is 6.07 Å². The zero-order chi connectivity index (χ0) is 14.9. The molecule has 2 rings (SSSR count). The molecule has 0 saturated heterocycles. The van der Waals surface area contributed by atoms with Gasteiger partial charge >= 0.3 is 0 Å². The van der Waals surface area contributed by atoms with E-state index in [1.54, 1.807) is 16.8 Å². The van der Waals surface area contributed by atoms with Crippen molar-refractivity contribution in [3.63, 3.8) is 0 Å². The average molecular weight is 340 g/mol. The highest BCUT2D eigenvalue weighted by Crippen LogP contribution is 2.26. The number of nitrogen functional groups attached to an aromatic ring is 1. The lowest BCUT2D eigenvalue weighted by Crippen LogP contribution is -2.10. The van der Waals surface area contributed by atoms with E-state index in [0.717, 1.165) is 21.4 Å². The largest absolute Gasteiger partial charge is 0.318 e. The minimum atomic E-state index is -0.462. The van der Waals surface area contributed by atoms with Gasteiger partial charge in [0.05, 0.1) is 27.3 Å². The predicted molar refractivity (Wildman–Crippen MR) is 79.4 cm³/mol. The summed E-state index contributed by atoms with van der Waals surface area (Å²) in [5.41, 5.74) is 5.21. The number of nitro groups is 1. The van der Waals surface area contributed by atoms with Crippen LogP contribution in [0.2, 0.25) is 0 Å². The monoisotopic (exact) mass is 339 g/mol. The zero-order valence-corrected chi connectivity index (χ0v) is 12.6. The van der Waals surface area contributed by atoms with E-state index in [0.29, 0.717) is 6.54 Å². The van der Waals surface area contributed by atoms with Crippen LogP contribution in [0.25, 0.3) is 0 Å². The van der Waals surface area contributed by atoms with Crippen LogP contribution in [0.15, 0.2) is 22.7 Å². The first-order chi connectivity index (χ1) is 9.43. The number of nitro benzene ring substituents is 1. The molecule has 1 aromatic heterocycles. The SMILES string of the molecule is Cc1nn(Cc2ccc(NN)c([N+](=O)[O-])c2)c(C)c1Br. The van der Waals surface area contributed by atoms with Crippen molar-refractivity contribution in [3.8, 4) is 0 Å². The third-order valence-electron chi connectivity index (χ3n) is 3.04. The molecule has 1 heterocycles. The van der Waals surface area contributed by atoms with Gasteiger partial charge in [-0.1, -0.05) is 6.07 Å². The van der Waals surface area contributed by atoms with Crippen LogP contribution in [0.3, 0.4) is 0 Å². The van der Waals surface area contributed by atoms with Crippen molar-refractivity contribution in [2.75, 3.05) is 5.43 Å². The molecule has 1 aromatic carbocycles. The predicted octanol–water partition coefficient (Wildman–Crippen LogP) is 2.50. The topological polar surface area (TPSA) is 99.0 Å². The normalized spacial score (nSPS) is 10.6. The van der Waals surface area contributed by atoms with Gasteiger partial charge in [-0.05, 0) is 41.4 Å². The summed E-state index contributed by atoms with van der Waals surface area (Å²) in [6, 6.07) is 4.88. The summed E-state index contributed by atoms with van der Waals surface area (Å²) in [5, 5.41) is 15.4.